The number of fused-ring (bicyclic) bond motifs is 2. The summed E-state index contributed by atoms with van der Waals surface area (Å²) >= 11 is 0. The van der Waals surface area contributed by atoms with E-state index in [1.807, 2.05) is 154 Å². The maximum atomic E-state index is 13.6. The summed E-state index contributed by atoms with van der Waals surface area (Å²) in [5.74, 6) is 5.62. The number of benzene rings is 8. The second-order valence-corrected chi connectivity index (χ2v) is 22.2. The normalized spacial score (nSPS) is 14.5. The first-order valence-electron chi connectivity index (χ1n) is 28.9. The van der Waals surface area contributed by atoms with Crippen LogP contribution in [0.2, 0.25) is 0 Å². The lowest BCUT2D eigenvalue weighted by atomic mass is 9.91. The van der Waals surface area contributed by atoms with Gasteiger partial charge in [0.05, 0.1) is 40.5 Å². The number of ether oxygens (including phenoxy) is 8. The summed E-state index contributed by atoms with van der Waals surface area (Å²) in [6, 6.07) is 56.4. The zero-order valence-electron chi connectivity index (χ0n) is 50.4. The van der Waals surface area contributed by atoms with Gasteiger partial charge in [-0.2, -0.15) is 0 Å². The van der Waals surface area contributed by atoms with Gasteiger partial charge < -0.3 is 53.4 Å². The Morgan fingerprint density at radius 1 is 0.494 bits per heavy atom. The molecule has 8 aromatic rings. The number of carbonyl (C=O) groups is 1. The Labute approximate surface area is 501 Å². The lowest BCUT2D eigenvalue weighted by molar-refractivity contribution is 0.173. The van der Waals surface area contributed by atoms with Crippen molar-refractivity contribution in [3.63, 3.8) is 0 Å². The monoisotopic (exact) mass is 1140 g/mol. The van der Waals surface area contributed by atoms with Crippen LogP contribution >= 0.6 is 0 Å². The number of nitrogens with zero attached hydrogens (tertiary/aromatic N) is 1. The van der Waals surface area contributed by atoms with Gasteiger partial charge >= 0.3 is 6.03 Å². The van der Waals surface area contributed by atoms with Gasteiger partial charge in [-0.05, 0) is 163 Å². The summed E-state index contributed by atoms with van der Waals surface area (Å²) in [7, 11) is 6.66. The highest BCUT2D eigenvalue weighted by molar-refractivity contribution is 5.77. The maximum absolute atomic E-state index is 13.6. The van der Waals surface area contributed by atoms with Crippen LogP contribution in [0.4, 0.5) is 4.79 Å². The first kappa shape index (κ1) is 60.5. The molecule has 85 heavy (non-hydrogen) atoms. The average Bonchev–Trinajstić information content (AvgIpc) is 3.38. The van der Waals surface area contributed by atoms with E-state index in [0.29, 0.717) is 62.4 Å². The molecule has 2 N–H and O–H groups in total. The second kappa shape index (κ2) is 28.9. The Morgan fingerprint density at radius 2 is 0.871 bits per heavy atom. The molecule has 8 aromatic carbocycles. The predicted molar refractivity (Wildman–Crippen MR) is 338 cm³/mol. The molecular formula is C73H79N3O9. The van der Waals surface area contributed by atoms with E-state index in [-0.39, 0.29) is 23.7 Å². The van der Waals surface area contributed by atoms with Gasteiger partial charge in [0, 0.05) is 18.6 Å². The van der Waals surface area contributed by atoms with Crippen LogP contribution in [-0.2, 0) is 39.3 Å². The number of carbonyl (C=O) groups excluding carboxylic acids is 1. The van der Waals surface area contributed by atoms with Gasteiger partial charge in [-0.3, -0.25) is 0 Å². The molecule has 0 saturated heterocycles. The lowest BCUT2D eigenvalue weighted by Gasteiger charge is -2.38. The molecule has 12 nitrogen and oxygen atoms in total. The van der Waals surface area contributed by atoms with E-state index in [1.54, 1.807) is 28.4 Å². The molecule has 0 aromatic heterocycles. The number of nitrogens with one attached hydrogen (secondary N) is 2. The van der Waals surface area contributed by atoms with Crippen molar-refractivity contribution < 1.29 is 42.7 Å². The molecular weight excluding hydrogens is 1060 g/mol. The number of hydrogen-bond donors (Lipinski definition) is 2. The zero-order chi connectivity index (χ0) is 59.7. The summed E-state index contributed by atoms with van der Waals surface area (Å²) in [6.07, 6.45) is 10.1. The first-order valence-corrected chi connectivity index (χ1v) is 28.9. The molecule has 12 heteroatoms. The second-order valence-electron chi connectivity index (χ2n) is 22.2. The largest absolute Gasteiger partial charge is 0.493 e. The molecule has 2 atom stereocenters. The highest BCUT2D eigenvalue weighted by Gasteiger charge is 2.33. The number of methoxy groups -OCH3 is 4. The highest BCUT2D eigenvalue weighted by Crippen LogP contribution is 2.42. The molecule has 2 unspecified atom stereocenters. The quantitative estimate of drug-likeness (QED) is 0.0764. The van der Waals surface area contributed by atoms with Crippen molar-refractivity contribution in [2.45, 2.75) is 91.5 Å². The number of aryl methyl sites for hydroxylation is 2. The van der Waals surface area contributed by atoms with Gasteiger partial charge in [0.2, 0.25) is 0 Å². The zero-order valence-corrected chi connectivity index (χ0v) is 50.4. The fraction of sp³-hybridized carbons (Fsp3) is 0.274. The van der Waals surface area contributed by atoms with Gasteiger partial charge in [0.25, 0.3) is 0 Å². The van der Waals surface area contributed by atoms with Gasteiger partial charge in [-0.25, -0.2) is 4.79 Å². The molecule has 0 saturated carbocycles. The van der Waals surface area contributed by atoms with E-state index in [1.165, 1.54) is 11.1 Å². The molecule has 0 radical (unpaired) electrons. The Morgan fingerprint density at radius 3 is 1.28 bits per heavy atom. The average molecular weight is 1140 g/mol. The molecule has 0 bridgehead atoms. The molecule has 2 aliphatic heterocycles. The van der Waals surface area contributed by atoms with Gasteiger partial charge in [0.1, 0.15) is 26.4 Å². The van der Waals surface area contributed by atoms with Gasteiger partial charge in [-0.15, -0.1) is 0 Å². The van der Waals surface area contributed by atoms with E-state index in [9.17, 15) is 4.79 Å². The SMILES string of the molecule is COc1cc(C)c(/C=C/C2NCCc3cc(OCc4ccccc4)c(OC)cc32)cc1OCc1ccccc1.COc1cc(C)c(/C=C/C2c3cc(OC)c(OCc4ccccc4)cc3CCN2C(=O)NC(C)(C)C)cc1OCc1ccccc1. The standard InChI is InChI=1S/C39H44N2O5.C34H35NO4/c1-27-21-34(43-5)36(45-25-28-13-9-7-10-14-28)22-30(27)17-18-33-32-24-35(44-6)37(46-26-29-15-11-8-12-16-29)23-31(32)19-20-41(33)38(42)40-39(2,3)4;1-24-18-31(36-2)33(38-22-25-10-6-4-7-11-25)19-27(24)14-15-30-29-21-32(37-3)34(20-28(29)16-17-35-30)39-23-26-12-8-5-9-13-26/h7-18,21-24,33H,19-20,25-26H2,1-6H3,(H,40,42);4-15,18-21,30,35H,16-17,22-23H2,1-3H3/b18-17+;15-14+. The van der Waals surface area contributed by atoms with Gasteiger partial charge in [0.15, 0.2) is 46.0 Å². The predicted octanol–water partition coefficient (Wildman–Crippen LogP) is 15.4. The molecule has 0 spiro atoms. The van der Waals surface area contributed by atoms with E-state index in [2.05, 4.69) is 90.4 Å². The summed E-state index contributed by atoms with van der Waals surface area (Å²) in [6.45, 7) is 13.4. The summed E-state index contributed by atoms with van der Waals surface area (Å²) in [5, 5.41) is 6.79. The van der Waals surface area contributed by atoms with Crippen LogP contribution in [0.3, 0.4) is 0 Å². The molecule has 0 fully saturated rings. The minimum atomic E-state index is -0.379. The number of urea groups is 1. The van der Waals surface area contributed by atoms with E-state index in [4.69, 9.17) is 37.9 Å². The Bertz CT molecular complexity index is 3550. The molecule has 2 amide bonds. The van der Waals surface area contributed by atoms with E-state index in [0.717, 1.165) is 91.6 Å². The van der Waals surface area contributed by atoms with Crippen molar-refractivity contribution in [3.05, 3.63) is 249 Å². The number of rotatable bonds is 20. The van der Waals surface area contributed by atoms with Crippen molar-refractivity contribution >= 4 is 18.2 Å². The minimum Gasteiger partial charge on any atom is -0.493 e. The molecule has 10 rings (SSSR count). The van der Waals surface area contributed by atoms with Gasteiger partial charge in [-0.1, -0.05) is 146 Å². The number of hydrogen-bond acceptors (Lipinski definition) is 10. The third-order valence-electron chi connectivity index (χ3n) is 14.9. The Balaban J connectivity index is 0.000000206. The third kappa shape index (κ3) is 16.2. The lowest BCUT2D eigenvalue weighted by Crippen LogP contribution is -2.51. The van der Waals surface area contributed by atoms with Crippen LogP contribution in [0.1, 0.15) is 99.6 Å². The Hall–Kier alpha value is -9.13. The maximum Gasteiger partial charge on any atom is 0.318 e. The van der Waals surface area contributed by atoms with E-state index >= 15 is 0 Å². The summed E-state index contributed by atoms with van der Waals surface area (Å²) < 4.78 is 47.5. The summed E-state index contributed by atoms with van der Waals surface area (Å²) in [5.41, 5.74) is 12.8. The van der Waals surface area contributed by atoms with E-state index < -0.39 is 0 Å². The molecule has 2 heterocycles. The van der Waals surface area contributed by atoms with Crippen molar-refractivity contribution in [3.8, 4) is 46.0 Å². The fourth-order valence-electron chi connectivity index (χ4n) is 10.4. The molecule has 440 valence electrons. The van der Waals surface area contributed by atoms with Crippen LogP contribution in [0.5, 0.6) is 46.0 Å². The molecule has 2 aliphatic rings. The summed E-state index contributed by atoms with van der Waals surface area (Å²) in [4.78, 5) is 15.5. The van der Waals surface area contributed by atoms with Crippen LogP contribution in [0.25, 0.3) is 12.2 Å². The number of amides is 2. The Kier molecular flexibility index (Phi) is 20.6. The van der Waals surface area contributed by atoms with Crippen molar-refractivity contribution in [1.29, 1.82) is 0 Å². The fourth-order valence-corrected chi connectivity index (χ4v) is 10.4. The topological polar surface area (TPSA) is 118 Å². The van der Waals surface area contributed by atoms with Crippen molar-refractivity contribution in [2.24, 2.45) is 0 Å². The van der Waals surface area contributed by atoms with Crippen LogP contribution < -0.4 is 48.5 Å². The van der Waals surface area contributed by atoms with Crippen LogP contribution in [0, 0.1) is 13.8 Å². The highest BCUT2D eigenvalue weighted by atomic mass is 16.5. The van der Waals surface area contributed by atoms with Crippen molar-refractivity contribution in [1.82, 2.24) is 15.5 Å². The minimum absolute atomic E-state index is 0.0565. The first-order chi connectivity index (χ1) is 41.3. The third-order valence-corrected chi connectivity index (χ3v) is 14.9. The molecule has 0 aliphatic carbocycles. The van der Waals surface area contributed by atoms with Crippen molar-refractivity contribution in [2.75, 3.05) is 41.5 Å². The van der Waals surface area contributed by atoms with Crippen LogP contribution in [0.15, 0.2) is 182 Å². The van der Waals surface area contributed by atoms with Crippen LogP contribution in [-0.4, -0.2) is 58.0 Å². The smallest absolute Gasteiger partial charge is 0.318 e.